The largest absolute Gasteiger partial charge is 1.00 e. The fourth-order valence-electron chi connectivity index (χ4n) is 4.65. The Bertz CT molecular complexity index is 1550. The molecule has 1 atom stereocenters. The first-order valence-corrected chi connectivity index (χ1v) is 15.6. The van der Waals surface area contributed by atoms with E-state index in [1.165, 1.54) is 0 Å². The quantitative estimate of drug-likeness (QED) is 0.313. The van der Waals surface area contributed by atoms with Gasteiger partial charge in [0.2, 0.25) is 0 Å². The summed E-state index contributed by atoms with van der Waals surface area (Å²) in [4.78, 5) is 8.12. The minimum absolute atomic E-state index is 0. The Morgan fingerprint density at radius 2 is 1.45 bits per heavy atom. The predicted molar refractivity (Wildman–Crippen MR) is 155 cm³/mol. The summed E-state index contributed by atoms with van der Waals surface area (Å²) >= 11 is 0. The summed E-state index contributed by atoms with van der Waals surface area (Å²) in [5, 5.41) is 0.358. The second kappa shape index (κ2) is 16.4. The Balaban J connectivity index is 0.000000389. The maximum Gasteiger partial charge on any atom is 1.00 e. The Morgan fingerprint density at radius 1 is 0.875 bits per heavy atom. The van der Waals surface area contributed by atoms with Crippen molar-refractivity contribution in [1.29, 1.82) is 0 Å². The topological polar surface area (TPSA) is 129 Å². The van der Waals surface area contributed by atoms with Crippen LogP contribution in [0.4, 0.5) is 0 Å². The number of hydrogen-bond donors (Lipinski definition) is 1. The fourth-order valence-corrected chi connectivity index (χ4v) is 6.64. The minimum Gasteiger partial charge on any atom is -0.747 e. The van der Waals surface area contributed by atoms with Gasteiger partial charge in [0, 0.05) is 5.39 Å². The van der Waals surface area contributed by atoms with Gasteiger partial charge in [-0.15, -0.1) is 0 Å². The van der Waals surface area contributed by atoms with Crippen LogP contribution >= 0.6 is 0 Å². The number of benzene rings is 3. The van der Waals surface area contributed by atoms with Gasteiger partial charge in [-0.3, -0.25) is 4.55 Å². The maximum atomic E-state index is 12.0. The van der Waals surface area contributed by atoms with E-state index < -0.39 is 25.5 Å². The number of fused-ring (bicyclic) bond motifs is 2. The Labute approximate surface area is 260 Å². The van der Waals surface area contributed by atoms with Crippen LogP contribution in [0, 0.1) is 0 Å². The molecular formula is C30H35NaO7S2. The van der Waals surface area contributed by atoms with E-state index in [1.807, 2.05) is 25.0 Å². The molecule has 40 heavy (non-hydrogen) atoms. The zero-order valence-corrected chi connectivity index (χ0v) is 26.9. The summed E-state index contributed by atoms with van der Waals surface area (Å²) in [6.07, 6.45) is 8.86. The van der Waals surface area contributed by atoms with Crippen LogP contribution in [0.1, 0.15) is 67.0 Å². The first-order valence-electron chi connectivity index (χ1n) is 12.7. The zero-order valence-electron chi connectivity index (χ0n) is 23.3. The van der Waals surface area contributed by atoms with Crippen LogP contribution < -0.4 is 29.6 Å². The Hall–Kier alpha value is -2.11. The molecule has 0 heterocycles. The van der Waals surface area contributed by atoms with E-state index >= 15 is 0 Å². The van der Waals surface area contributed by atoms with Crippen LogP contribution in [0.15, 0.2) is 77.7 Å². The van der Waals surface area contributed by atoms with Gasteiger partial charge < -0.3 is 9.35 Å². The normalized spacial score (nSPS) is 14.2. The second-order valence-electron chi connectivity index (χ2n) is 9.16. The monoisotopic (exact) mass is 594 g/mol. The summed E-state index contributed by atoms with van der Waals surface area (Å²) in [6, 6.07) is 16.4. The van der Waals surface area contributed by atoms with Gasteiger partial charge in [0.25, 0.3) is 10.1 Å². The molecule has 0 saturated carbocycles. The van der Waals surface area contributed by atoms with Crippen molar-refractivity contribution >= 4 is 43.9 Å². The summed E-state index contributed by atoms with van der Waals surface area (Å²) < 4.78 is 67.1. The van der Waals surface area contributed by atoms with Gasteiger partial charge in [-0.25, -0.2) is 8.42 Å². The SMILES string of the molecule is C=C1C=Cc2ccccc2C1S(=O)(=O)[O-].C=O.CCCCc1cc2ccccc2c(S(=O)(=O)O)c1CCCC.[Na+]. The molecule has 0 saturated heterocycles. The molecule has 1 aliphatic carbocycles. The molecule has 10 heteroatoms. The molecule has 210 valence electrons. The molecule has 0 aromatic heterocycles. The maximum absolute atomic E-state index is 12.0. The third-order valence-electron chi connectivity index (χ3n) is 6.42. The van der Waals surface area contributed by atoms with Gasteiger partial charge in [-0.2, -0.15) is 8.42 Å². The van der Waals surface area contributed by atoms with E-state index in [1.54, 1.807) is 42.5 Å². The van der Waals surface area contributed by atoms with Gasteiger partial charge in [0.1, 0.15) is 21.8 Å². The third kappa shape index (κ3) is 9.21. The van der Waals surface area contributed by atoms with E-state index in [0.717, 1.165) is 54.2 Å². The number of carbonyl (C=O) groups excluding carboxylic acids is 1. The minimum atomic E-state index is -4.39. The molecular weight excluding hydrogens is 559 g/mol. The number of aryl methyl sites for hydroxylation is 1. The van der Waals surface area contributed by atoms with Crippen molar-refractivity contribution in [2.45, 2.75) is 62.5 Å². The standard InChI is InChI=1S/C18H24O3S.C11H10O3S.CH2O.Na/c1-3-5-9-14-13-15-10-7-8-12-17(15)18(22(19,20)21)16(14)11-6-4-2;1-8-6-7-9-4-2-3-5-10(9)11(8)15(12,13)14;1-2;/h7-8,10,12-13H,3-6,9,11H2,1-2H3,(H,19,20,21);2-7,11H,1H2,(H,12,13,14);1H2;/q;;;+1/p-1. The number of allylic oxidation sites excluding steroid dienone is 1. The van der Waals surface area contributed by atoms with Crippen molar-refractivity contribution in [3.8, 4) is 0 Å². The van der Waals surface area contributed by atoms with Crippen LogP contribution in [0.25, 0.3) is 16.8 Å². The van der Waals surface area contributed by atoms with Crippen molar-refractivity contribution < 1.29 is 60.3 Å². The smallest absolute Gasteiger partial charge is 0.747 e. The third-order valence-corrected chi connectivity index (χ3v) is 8.53. The zero-order chi connectivity index (χ0) is 29.2. The molecule has 0 radical (unpaired) electrons. The van der Waals surface area contributed by atoms with Gasteiger partial charge in [0.05, 0.1) is 5.25 Å². The molecule has 3 aromatic carbocycles. The molecule has 0 fully saturated rings. The molecule has 3 aromatic rings. The molecule has 0 aliphatic heterocycles. The average Bonchev–Trinajstić information content (AvgIpc) is 2.90. The first-order chi connectivity index (χ1) is 18.5. The molecule has 1 N–H and O–H groups in total. The van der Waals surface area contributed by atoms with Crippen molar-refractivity contribution in [2.24, 2.45) is 0 Å². The molecule has 7 nitrogen and oxygen atoms in total. The van der Waals surface area contributed by atoms with Crippen LogP contribution in [0.2, 0.25) is 0 Å². The number of unbranched alkanes of at least 4 members (excludes halogenated alkanes) is 2. The van der Waals surface area contributed by atoms with Gasteiger partial charge in [0.15, 0.2) is 0 Å². The van der Waals surface area contributed by atoms with Crippen molar-refractivity contribution in [3.05, 3.63) is 95.1 Å². The summed E-state index contributed by atoms with van der Waals surface area (Å²) in [6.45, 7) is 9.80. The van der Waals surface area contributed by atoms with Crippen molar-refractivity contribution in [3.63, 3.8) is 0 Å². The first kappa shape index (κ1) is 35.9. The number of carbonyl (C=O) groups is 1. The van der Waals surface area contributed by atoms with Crippen molar-refractivity contribution in [2.75, 3.05) is 0 Å². The van der Waals surface area contributed by atoms with Gasteiger partial charge >= 0.3 is 29.6 Å². The van der Waals surface area contributed by atoms with E-state index in [2.05, 4.69) is 26.5 Å². The Morgan fingerprint density at radius 3 is 2.05 bits per heavy atom. The van der Waals surface area contributed by atoms with Gasteiger partial charge in [-0.1, -0.05) is 100 Å². The fraction of sp³-hybridized carbons (Fsp3) is 0.300. The van der Waals surface area contributed by atoms with E-state index in [9.17, 15) is 25.9 Å². The Kier molecular flexibility index (Phi) is 14.7. The summed E-state index contributed by atoms with van der Waals surface area (Å²) in [5.74, 6) is 0. The van der Waals surface area contributed by atoms with Crippen LogP contribution in [0.5, 0.6) is 0 Å². The van der Waals surface area contributed by atoms with E-state index in [-0.39, 0.29) is 34.5 Å². The summed E-state index contributed by atoms with van der Waals surface area (Å²) in [7, 11) is -8.63. The van der Waals surface area contributed by atoms with Gasteiger partial charge in [-0.05, 0) is 58.9 Å². The number of rotatable bonds is 8. The predicted octanol–water partition coefficient (Wildman–Crippen LogP) is 3.45. The molecule has 0 amide bonds. The van der Waals surface area contributed by atoms with Crippen molar-refractivity contribution in [1.82, 2.24) is 0 Å². The molecule has 0 bridgehead atoms. The van der Waals surface area contributed by atoms with Crippen LogP contribution in [-0.2, 0) is 37.9 Å². The van der Waals surface area contributed by atoms with E-state index in [4.69, 9.17) is 4.79 Å². The second-order valence-corrected chi connectivity index (χ2v) is 12.0. The summed E-state index contributed by atoms with van der Waals surface area (Å²) in [5.41, 5.74) is 3.45. The molecule has 1 unspecified atom stereocenters. The number of hydrogen-bond acceptors (Lipinski definition) is 6. The molecule has 4 rings (SSSR count). The average molecular weight is 595 g/mol. The molecule has 1 aliphatic rings. The molecule has 0 spiro atoms. The van der Waals surface area contributed by atoms with E-state index in [0.29, 0.717) is 22.9 Å². The van der Waals surface area contributed by atoms with Crippen LogP contribution in [0.3, 0.4) is 0 Å². The van der Waals surface area contributed by atoms with Crippen LogP contribution in [-0.4, -0.2) is 32.7 Å².